The second-order valence-electron chi connectivity index (χ2n) is 3.81. The van der Waals surface area contributed by atoms with E-state index < -0.39 is 0 Å². The first kappa shape index (κ1) is 9.20. The topological polar surface area (TPSA) is 17.1 Å². The van der Waals surface area contributed by atoms with Crippen molar-refractivity contribution in [2.75, 3.05) is 0 Å². The fourth-order valence-electron chi connectivity index (χ4n) is 2.04. The predicted molar refractivity (Wildman–Crippen MR) is 57.3 cm³/mol. The molecular formula is C13H14O. The minimum absolute atomic E-state index is 0.134. The lowest BCUT2D eigenvalue weighted by molar-refractivity contribution is -0.112. The lowest BCUT2D eigenvalue weighted by atomic mass is 10.0. The van der Waals surface area contributed by atoms with Crippen molar-refractivity contribution in [3.05, 3.63) is 47.5 Å². The zero-order valence-electron chi connectivity index (χ0n) is 8.36. The van der Waals surface area contributed by atoms with Crippen LogP contribution in [0, 0.1) is 0 Å². The molecule has 0 radical (unpaired) electrons. The summed E-state index contributed by atoms with van der Waals surface area (Å²) in [6.07, 6.45) is 6.01. The van der Waals surface area contributed by atoms with Crippen LogP contribution in [0.15, 0.2) is 36.4 Å². The van der Waals surface area contributed by atoms with Gasteiger partial charge in [0.15, 0.2) is 5.78 Å². The van der Waals surface area contributed by atoms with E-state index in [4.69, 9.17) is 0 Å². The minimum Gasteiger partial charge on any atom is -0.295 e. The van der Waals surface area contributed by atoms with Crippen molar-refractivity contribution in [3.8, 4) is 0 Å². The van der Waals surface area contributed by atoms with Gasteiger partial charge in [-0.1, -0.05) is 30.3 Å². The molecule has 0 spiro atoms. The zero-order valence-corrected chi connectivity index (χ0v) is 8.36. The van der Waals surface area contributed by atoms with Crippen molar-refractivity contribution in [3.63, 3.8) is 0 Å². The van der Waals surface area contributed by atoms with E-state index in [1.54, 1.807) is 13.0 Å². The average molecular weight is 186 g/mol. The van der Waals surface area contributed by atoms with Crippen LogP contribution in [0.5, 0.6) is 0 Å². The van der Waals surface area contributed by atoms with Gasteiger partial charge in [-0.15, -0.1) is 0 Å². The summed E-state index contributed by atoms with van der Waals surface area (Å²) in [4.78, 5) is 10.8. The fourth-order valence-corrected chi connectivity index (χ4v) is 2.04. The summed E-state index contributed by atoms with van der Waals surface area (Å²) >= 11 is 0. The number of ketones is 1. The lowest BCUT2D eigenvalue weighted by Gasteiger charge is -2.04. The molecule has 2 rings (SSSR count). The summed E-state index contributed by atoms with van der Waals surface area (Å²) in [5, 5.41) is 0. The van der Waals surface area contributed by atoms with Crippen LogP contribution in [0.3, 0.4) is 0 Å². The number of benzene rings is 1. The van der Waals surface area contributed by atoms with Crippen LogP contribution < -0.4 is 0 Å². The molecule has 0 aromatic heterocycles. The molecule has 0 fully saturated rings. The van der Waals surface area contributed by atoms with E-state index in [9.17, 15) is 4.79 Å². The number of fused-ring (bicyclic) bond motifs is 1. The molecule has 0 aliphatic heterocycles. The molecule has 0 bridgehead atoms. The summed E-state index contributed by atoms with van der Waals surface area (Å²) in [5.41, 5.74) is 2.83. The molecule has 0 N–H and O–H groups in total. The highest BCUT2D eigenvalue weighted by Gasteiger charge is 2.18. The number of rotatable bonds is 2. The van der Waals surface area contributed by atoms with Crippen molar-refractivity contribution in [2.24, 2.45) is 0 Å². The van der Waals surface area contributed by atoms with E-state index >= 15 is 0 Å². The van der Waals surface area contributed by atoms with Gasteiger partial charge in [-0.2, -0.15) is 0 Å². The Morgan fingerprint density at radius 1 is 1.43 bits per heavy atom. The van der Waals surface area contributed by atoms with Crippen molar-refractivity contribution < 1.29 is 4.79 Å². The summed E-state index contributed by atoms with van der Waals surface area (Å²) < 4.78 is 0. The quantitative estimate of drug-likeness (QED) is 0.649. The minimum atomic E-state index is 0.134. The van der Waals surface area contributed by atoms with E-state index in [2.05, 4.69) is 24.3 Å². The van der Waals surface area contributed by atoms with Gasteiger partial charge in [0.05, 0.1) is 0 Å². The van der Waals surface area contributed by atoms with Crippen LogP contribution in [-0.2, 0) is 11.2 Å². The molecule has 0 saturated carbocycles. The second kappa shape index (κ2) is 3.79. The van der Waals surface area contributed by atoms with E-state index in [-0.39, 0.29) is 5.78 Å². The van der Waals surface area contributed by atoms with Crippen LogP contribution in [0.4, 0.5) is 0 Å². The second-order valence-corrected chi connectivity index (χ2v) is 3.81. The maximum absolute atomic E-state index is 10.8. The van der Waals surface area contributed by atoms with Gasteiger partial charge in [-0.25, -0.2) is 0 Å². The van der Waals surface area contributed by atoms with Crippen LogP contribution >= 0.6 is 0 Å². The summed E-state index contributed by atoms with van der Waals surface area (Å²) in [6, 6.07) is 8.49. The maximum Gasteiger partial charge on any atom is 0.152 e. The van der Waals surface area contributed by atoms with E-state index in [0.717, 1.165) is 12.8 Å². The SMILES string of the molecule is CC(=O)/C=C/C1CCc2ccccc21. The molecular weight excluding hydrogens is 172 g/mol. The summed E-state index contributed by atoms with van der Waals surface area (Å²) in [5.74, 6) is 0.587. The highest BCUT2D eigenvalue weighted by molar-refractivity contribution is 5.87. The molecule has 1 aromatic carbocycles. The smallest absolute Gasteiger partial charge is 0.152 e. The Labute approximate surface area is 84.5 Å². The molecule has 14 heavy (non-hydrogen) atoms. The number of carbonyl (C=O) groups excluding carboxylic acids is 1. The third-order valence-corrected chi connectivity index (χ3v) is 2.74. The van der Waals surface area contributed by atoms with Crippen LogP contribution in [0.25, 0.3) is 0 Å². The monoisotopic (exact) mass is 186 g/mol. The molecule has 1 aromatic rings. The first-order valence-corrected chi connectivity index (χ1v) is 5.04. The average Bonchev–Trinajstić information content (AvgIpc) is 2.58. The Hall–Kier alpha value is -1.37. The standard InChI is InChI=1S/C13H14O/c1-10(14)6-7-12-9-8-11-4-2-3-5-13(11)12/h2-7,12H,8-9H2,1H3/b7-6+. The molecule has 1 nitrogen and oxygen atoms in total. The van der Waals surface area contributed by atoms with Crippen molar-refractivity contribution >= 4 is 5.78 Å². The molecule has 0 saturated heterocycles. The number of hydrogen-bond acceptors (Lipinski definition) is 1. The number of aryl methyl sites for hydroxylation is 1. The lowest BCUT2D eigenvalue weighted by Crippen LogP contribution is -1.90. The van der Waals surface area contributed by atoms with Crippen LogP contribution in [-0.4, -0.2) is 5.78 Å². The molecule has 72 valence electrons. The van der Waals surface area contributed by atoms with Gasteiger partial charge in [0.1, 0.15) is 0 Å². The molecule has 1 aliphatic carbocycles. The van der Waals surface area contributed by atoms with Gasteiger partial charge in [0.2, 0.25) is 0 Å². The normalized spacial score (nSPS) is 19.9. The molecule has 0 amide bonds. The van der Waals surface area contributed by atoms with Gasteiger partial charge in [0.25, 0.3) is 0 Å². The maximum atomic E-state index is 10.8. The van der Waals surface area contributed by atoms with Gasteiger partial charge < -0.3 is 0 Å². The largest absolute Gasteiger partial charge is 0.295 e. The molecule has 0 heterocycles. The molecule has 1 heteroatoms. The van der Waals surface area contributed by atoms with Gasteiger partial charge in [0, 0.05) is 5.92 Å². The third-order valence-electron chi connectivity index (χ3n) is 2.74. The van der Waals surface area contributed by atoms with Gasteiger partial charge >= 0.3 is 0 Å². The Bertz CT molecular complexity index is 377. The third kappa shape index (κ3) is 1.77. The Balaban J connectivity index is 2.22. The Morgan fingerprint density at radius 3 is 3.00 bits per heavy atom. The van der Waals surface area contributed by atoms with Crippen molar-refractivity contribution in [2.45, 2.75) is 25.7 Å². The summed E-state index contributed by atoms with van der Waals surface area (Å²) in [6.45, 7) is 1.59. The van der Waals surface area contributed by atoms with E-state index in [1.165, 1.54) is 11.1 Å². The number of allylic oxidation sites excluding steroid dienone is 2. The number of hydrogen-bond donors (Lipinski definition) is 0. The Morgan fingerprint density at radius 2 is 2.21 bits per heavy atom. The van der Waals surface area contributed by atoms with Gasteiger partial charge in [-0.3, -0.25) is 4.79 Å². The van der Waals surface area contributed by atoms with Crippen LogP contribution in [0.2, 0.25) is 0 Å². The van der Waals surface area contributed by atoms with Gasteiger partial charge in [-0.05, 0) is 37.0 Å². The first-order chi connectivity index (χ1) is 6.77. The highest BCUT2D eigenvalue weighted by Crippen LogP contribution is 2.33. The zero-order chi connectivity index (χ0) is 9.97. The predicted octanol–water partition coefficient (Wildman–Crippen LogP) is 2.86. The number of carbonyl (C=O) groups is 1. The van der Waals surface area contributed by atoms with Crippen molar-refractivity contribution in [1.29, 1.82) is 0 Å². The fraction of sp³-hybridized carbons (Fsp3) is 0.308. The van der Waals surface area contributed by atoms with E-state index in [1.807, 2.05) is 6.08 Å². The molecule has 1 atom stereocenters. The first-order valence-electron chi connectivity index (χ1n) is 5.04. The van der Waals surface area contributed by atoms with Crippen molar-refractivity contribution in [1.82, 2.24) is 0 Å². The Kier molecular flexibility index (Phi) is 2.49. The van der Waals surface area contributed by atoms with E-state index in [0.29, 0.717) is 5.92 Å². The molecule has 1 aliphatic rings. The highest BCUT2D eigenvalue weighted by atomic mass is 16.1. The summed E-state index contributed by atoms with van der Waals surface area (Å²) in [7, 11) is 0. The van der Waals surface area contributed by atoms with Crippen LogP contribution in [0.1, 0.15) is 30.4 Å². The molecule has 1 unspecified atom stereocenters.